The first-order valence-corrected chi connectivity index (χ1v) is 7.11. The molecular formula is C15H20N2O3. The summed E-state index contributed by atoms with van der Waals surface area (Å²) in [5, 5.41) is 2.98. The largest absolute Gasteiger partial charge is 0.486 e. The zero-order valence-electron chi connectivity index (χ0n) is 11.7. The number of benzene rings is 1. The van der Waals surface area contributed by atoms with Crippen molar-refractivity contribution in [3.8, 4) is 11.5 Å². The molecule has 1 amide bonds. The second-order valence-corrected chi connectivity index (χ2v) is 5.45. The molecule has 1 fully saturated rings. The Morgan fingerprint density at radius 3 is 2.90 bits per heavy atom. The lowest BCUT2D eigenvalue weighted by molar-refractivity contribution is -0.121. The van der Waals surface area contributed by atoms with E-state index in [0.29, 0.717) is 19.0 Å². The van der Waals surface area contributed by atoms with Gasteiger partial charge in [0.1, 0.15) is 13.2 Å². The zero-order chi connectivity index (χ0) is 13.9. The van der Waals surface area contributed by atoms with E-state index >= 15 is 0 Å². The third kappa shape index (κ3) is 2.88. The number of nitrogens with zero attached hydrogens (tertiary/aromatic N) is 1. The molecule has 1 aromatic rings. The molecule has 0 spiro atoms. The lowest BCUT2D eigenvalue weighted by atomic mass is 9.97. The van der Waals surface area contributed by atoms with Crippen LogP contribution in [0.2, 0.25) is 0 Å². The van der Waals surface area contributed by atoms with E-state index in [9.17, 15) is 4.79 Å². The van der Waals surface area contributed by atoms with E-state index in [2.05, 4.69) is 17.3 Å². The van der Waals surface area contributed by atoms with Crippen molar-refractivity contribution in [1.82, 2.24) is 4.90 Å². The number of fused-ring (bicyclic) bond motifs is 1. The van der Waals surface area contributed by atoms with Gasteiger partial charge < -0.3 is 19.7 Å². The summed E-state index contributed by atoms with van der Waals surface area (Å²) in [6, 6.07) is 5.54. The number of piperidine rings is 1. The van der Waals surface area contributed by atoms with Gasteiger partial charge in [-0.1, -0.05) is 0 Å². The summed E-state index contributed by atoms with van der Waals surface area (Å²) < 4.78 is 11.0. The fraction of sp³-hybridized carbons (Fsp3) is 0.533. The minimum Gasteiger partial charge on any atom is -0.486 e. The first kappa shape index (κ1) is 13.2. The topological polar surface area (TPSA) is 50.8 Å². The third-order valence-corrected chi connectivity index (χ3v) is 3.80. The minimum absolute atomic E-state index is 0.0713. The van der Waals surface area contributed by atoms with Crippen molar-refractivity contribution in [2.24, 2.45) is 5.92 Å². The molecule has 0 aromatic heterocycles. The summed E-state index contributed by atoms with van der Waals surface area (Å²) in [7, 11) is 2.06. The van der Waals surface area contributed by atoms with Gasteiger partial charge in [-0.15, -0.1) is 0 Å². The summed E-state index contributed by atoms with van der Waals surface area (Å²) in [6.07, 6.45) is 2.04. The molecule has 0 aliphatic carbocycles. The molecule has 5 heteroatoms. The van der Waals surface area contributed by atoms with Crippen LogP contribution in [0.5, 0.6) is 11.5 Å². The molecule has 0 saturated carbocycles. The molecule has 108 valence electrons. The molecular weight excluding hydrogens is 256 g/mol. The van der Waals surface area contributed by atoms with Gasteiger partial charge in [0.15, 0.2) is 11.5 Å². The molecule has 3 rings (SSSR count). The van der Waals surface area contributed by atoms with Gasteiger partial charge in [-0.3, -0.25) is 4.79 Å². The number of ether oxygens (including phenoxy) is 2. The Bertz CT molecular complexity index is 504. The fourth-order valence-corrected chi connectivity index (χ4v) is 2.75. The predicted octanol–water partition coefficient (Wildman–Crippen LogP) is 1.74. The predicted molar refractivity (Wildman–Crippen MR) is 76.3 cm³/mol. The highest BCUT2D eigenvalue weighted by atomic mass is 16.6. The Hall–Kier alpha value is -1.75. The van der Waals surface area contributed by atoms with Gasteiger partial charge >= 0.3 is 0 Å². The van der Waals surface area contributed by atoms with Gasteiger partial charge in [-0.2, -0.15) is 0 Å². The lowest BCUT2D eigenvalue weighted by Crippen LogP contribution is -2.38. The summed E-state index contributed by atoms with van der Waals surface area (Å²) in [5.41, 5.74) is 0.771. The molecule has 2 heterocycles. The number of hydrogen-bond acceptors (Lipinski definition) is 4. The third-order valence-electron chi connectivity index (χ3n) is 3.80. The molecule has 0 unspecified atom stereocenters. The number of anilines is 1. The monoisotopic (exact) mass is 276 g/mol. The average Bonchev–Trinajstić information content (AvgIpc) is 2.47. The van der Waals surface area contributed by atoms with E-state index in [1.807, 2.05) is 18.2 Å². The number of carbonyl (C=O) groups excluding carboxylic acids is 1. The SMILES string of the molecule is CN1CCC[C@@H](C(=O)Nc2ccc3c(c2)OCCO3)C1. The van der Waals surface area contributed by atoms with Crippen molar-refractivity contribution in [3.05, 3.63) is 18.2 Å². The van der Waals surface area contributed by atoms with Gasteiger partial charge in [-0.05, 0) is 38.6 Å². The molecule has 0 bridgehead atoms. The Kier molecular flexibility index (Phi) is 3.78. The normalized spacial score (nSPS) is 22.4. The van der Waals surface area contributed by atoms with Crippen LogP contribution in [0.3, 0.4) is 0 Å². The Morgan fingerprint density at radius 1 is 1.30 bits per heavy atom. The van der Waals surface area contributed by atoms with Gasteiger partial charge in [0.25, 0.3) is 0 Å². The number of amides is 1. The average molecular weight is 276 g/mol. The Morgan fingerprint density at radius 2 is 2.10 bits per heavy atom. The van der Waals surface area contributed by atoms with Crippen LogP contribution >= 0.6 is 0 Å². The van der Waals surface area contributed by atoms with Gasteiger partial charge in [-0.25, -0.2) is 0 Å². The van der Waals surface area contributed by atoms with E-state index in [1.165, 1.54) is 0 Å². The van der Waals surface area contributed by atoms with Crippen LogP contribution in [0.15, 0.2) is 18.2 Å². The first-order valence-electron chi connectivity index (χ1n) is 7.11. The van der Waals surface area contributed by atoms with Crippen LogP contribution in [0, 0.1) is 5.92 Å². The highest BCUT2D eigenvalue weighted by molar-refractivity contribution is 5.93. The molecule has 2 aliphatic heterocycles. The number of hydrogen-bond donors (Lipinski definition) is 1. The van der Waals surface area contributed by atoms with Crippen LogP contribution in [-0.2, 0) is 4.79 Å². The molecule has 0 radical (unpaired) electrons. The summed E-state index contributed by atoms with van der Waals surface area (Å²) in [5.74, 6) is 1.61. The Labute approximate surface area is 118 Å². The quantitative estimate of drug-likeness (QED) is 0.894. The minimum atomic E-state index is 0.0713. The zero-order valence-corrected chi connectivity index (χ0v) is 11.7. The van der Waals surface area contributed by atoms with Crippen LogP contribution < -0.4 is 14.8 Å². The van der Waals surface area contributed by atoms with Crippen molar-refractivity contribution in [2.75, 3.05) is 38.7 Å². The maximum atomic E-state index is 12.3. The fourth-order valence-electron chi connectivity index (χ4n) is 2.75. The van der Waals surface area contributed by atoms with Gasteiger partial charge in [0.05, 0.1) is 5.92 Å². The summed E-state index contributed by atoms with van der Waals surface area (Å²) in [6.45, 7) is 3.04. The van der Waals surface area contributed by atoms with Crippen LogP contribution in [0.25, 0.3) is 0 Å². The molecule has 1 saturated heterocycles. The van der Waals surface area contributed by atoms with Crippen LogP contribution in [-0.4, -0.2) is 44.2 Å². The molecule has 1 N–H and O–H groups in total. The smallest absolute Gasteiger partial charge is 0.228 e. The van der Waals surface area contributed by atoms with E-state index in [4.69, 9.17) is 9.47 Å². The van der Waals surface area contributed by atoms with Crippen molar-refractivity contribution in [3.63, 3.8) is 0 Å². The number of nitrogens with one attached hydrogen (secondary N) is 1. The van der Waals surface area contributed by atoms with Crippen molar-refractivity contribution >= 4 is 11.6 Å². The second kappa shape index (κ2) is 5.71. The molecule has 1 aromatic carbocycles. The Balaban J connectivity index is 1.66. The molecule has 1 atom stereocenters. The van der Waals surface area contributed by atoms with Crippen molar-refractivity contribution < 1.29 is 14.3 Å². The first-order chi connectivity index (χ1) is 9.72. The highest BCUT2D eigenvalue weighted by Crippen LogP contribution is 2.32. The summed E-state index contributed by atoms with van der Waals surface area (Å²) >= 11 is 0. The van der Waals surface area contributed by atoms with E-state index in [-0.39, 0.29) is 11.8 Å². The maximum absolute atomic E-state index is 12.3. The van der Waals surface area contributed by atoms with Gasteiger partial charge in [0.2, 0.25) is 5.91 Å². The van der Waals surface area contributed by atoms with Gasteiger partial charge in [0, 0.05) is 18.3 Å². The molecule has 2 aliphatic rings. The van der Waals surface area contributed by atoms with E-state index in [0.717, 1.165) is 37.4 Å². The van der Waals surface area contributed by atoms with Crippen LogP contribution in [0.4, 0.5) is 5.69 Å². The van der Waals surface area contributed by atoms with E-state index < -0.39 is 0 Å². The second-order valence-electron chi connectivity index (χ2n) is 5.45. The van der Waals surface area contributed by atoms with Crippen molar-refractivity contribution in [1.29, 1.82) is 0 Å². The van der Waals surface area contributed by atoms with Crippen LogP contribution in [0.1, 0.15) is 12.8 Å². The number of carbonyl (C=O) groups is 1. The maximum Gasteiger partial charge on any atom is 0.228 e. The lowest BCUT2D eigenvalue weighted by Gasteiger charge is -2.28. The summed E-state index contributed by atoms with van der Waals surface area (Å²) in [4.78, 5) is 14.5. The molecule has 20 heavy (non-hydrogen) atoms. The number of likely N-dealkylation sites (tertiary alicyclic amines) is 1. The number of rotatable bonds is 2. The highest BCUT2D eigenvalue weighted by Gasteiger charge is 2.24. The van der Waals surface area contributed by atoms with E-state index in [1.54, 1.807) is 0 Å². The molecule has 5 nitrogen and oxygen atoms in total. The van der Waals surface area contributed by atoms with Crippen molar-refractivity contribution in [2.45, 2.75) is 12.8 Å². The standard InChI is InChI=1S/C15H20N2O3/c1-17-6-2-3-11(10-17)15(18)16-12-4-5-13-14(9-12)20-8-7-19-13/h4-5,9,11H,2-3,6-8,10H2,1H3,(H,16,18)/t11-/m1/s1.